The molecular formula is C34H34ClN5O4. The topological polar surface area (TPSA) is 126 Å². The van der Waals surface area contributed by atoms with Crippen LogP contribution in [-0.4, -0.2) is 63.6 Å². The van der Waals surface area contributed by atoms with Crippen LogP contribution in [0.3, 0.4) is 0 Å². The standard InChI is InChI=1S/C34H34ClN5O4/c1-22-14-17-39(29(33(36)43)20-25-8-4-7-24-6-2-3-11-28(24)25)34(44)32(26-9-5-10-27(35)19-26)40(22)31(42)21-38-30(41)18-23-12-15-37-16-13-23/h2-13,15-16,19,22,29,32H,14,17-18,20-21H2,1H3,(H2,36,43)(H,38,41). The van der Waals surface area contributed by atoms with Crippen LogP contribution in [0.25, 0.3) is 10.8 Å². The van der Waals surface area contributed by atoms with Gasteiger partial charge < -0.3 is 20.9 Å². The molecule has 226 valence electrons. The molecule has 1 aliphatic rings. The molecule has 5 rings (SSSR count). The monoisotopic (exact) mass is 611 g/mol. The fourth-order valence-electron chi connectivity index (χ4n) is 5.84. The summed E-state index contributed by atoms with van der Waals surface area (Å²) in [6.07, 6.45) is 3.90. The second kappa shape index (κ2) is 13.7. The van der Waals surface area contributed by atoms with Gasteiger partial charge in [-0.05, 0) is 65.1 Å². The Labute approximate surface area is 261 Å². The highest BCUT2D eigenvalue weighted by Gasteiger charge is 2.43. The average Bonchev–Trinajstić information content (AvgIpc) is 3.14. The van der Waals surface area contributed by atoms with Gasteiger partial charge in [0.05, 0.1) is 13.0 Å². The van der Waals surface area contributed by atoms with Gasteiger partial charge in [-0.25, -0.2) is 0 Å². The number of halogens is 1. The second-order valence-corrected chi connectivity index (χ2v) is 11.4. The highest BCUT2D eigenvalue weighted by atomic mass is 35.5. The third-order valence-electron chi connectivity index (χ3n) is 8.06. The van der Waals surface area contributed by atoms with E-state index < -0.39 is 35.8 Å². The second-order valence-electron chi connectivity index (χ2n) is 11.0. The third kappa shape index (κ3) is 6.89. The summed E-state index contributed by atoms with van der Waals surface area (Å²) in [7, 11) is 0. The number of aromatic nitrogens is 1. The van der Waals surface area contributed by atoms with E-state index in [2.05, 4.69) is 10.3 Å². The van der Waals surface area contributed by atoms with E-state index in [1.165, 1.54) is 9.80 Å². The molecule has 0 aliphatic carbocycles. The van der Waals surface area contributed by atoms with E-state index in [0.717, 1.165) is 21.9 Å². The van der Waals surface area contributed by atoms with E-state index in [0.29, 0.717) is 17.0 Å². The van der Waals surface area contributed by atoms with Crippen LogP contribution in [0.5, 0.6) is 0 Å². The number of pyridine rings is 1. The van der Waals surface area contributed by atoms with Crippen LogP contribution in [0, 0.1) is 0 Å². The number of primary amides is 1. The summed E-state index contributed by atoms with van der Waals surface area (Å²) >= 11 is 6.34. The maximum absolute atomic E-state index is 14.5. The minimum atomic E-state index is -1.08. The Morgan fingerprint density at radius 2 is 1.75 bits per heavy atom. The Morgan fingerprint density at radius 3 is 2.50 bits per heavy atom. The van der Waals surface area contributed by atoms with Crippen molar-refractivity contribution in [3.63, 3.8) is 0 Å². The van der Waals surface area contributed by atoms with Gasteiger partial charge in [0.25, 0.3) is 5.91 Å². The number of hydrogen-bond acceptors (Lipinski definition) is 5. The van der Waals surface area contributed by atoms with E-state index in [4.69, 9.17) is 17.3 Å². The summed E-state index contributed by atoms with van der Waals surface area (Å²) in [6.45, 7) is 1.77. The van der Waals surface area contributed by atoms with Crippen molar-refractivity contribution in [2.75, 3.05) is 13.1 Å². The largest absolute Gasteiger partial charge is 0.368 e. The molecule has 2 heterocycles. The van der Waals surface area contributed by atoms with Gasteiger partial charge in [-0.1, -0.05) is 66.2 Å². The Kier molecular flexibility index (Phi) is 9.55. The van der Waals surface area contributed by atoms with Gasteiger partial charge in [-0.2, -0.15) is 0 Å². The first-order valence-corrected chi connectivity index (χ1v) is 14.9. The number of rotatable bonds is 9. The summed E-state index contributed by atoms with van der Waals surface area (Å²) < 4.78 is 0. The number of amides is 4. The first-order chi connectivity index (χ1) is 21.2. The summed E-state index contributed by atoms with van der Waals surface area (Å²) in [6, 6.07) is 21.5. The third-order valence-corrected chi connectivity index (χ3v) is 8.29. The predicted molar refractivity (Wildman–Crippen MR) is 168 cm³/mol. The van der Waals surface area contributed by atoms with E-state index >= 15 is 0 Å². The number of fused-ring (bicyclic) bond motifs is 1. The zero-order valence-corrected chi connectivity index (χ0v) is 25.1. The molecule has 0 saturated carbocycles. The van der Waals surface area contributed by atoms with Crippen molar-refractivity contribution in [1.29, 1.82) is 0 Å². The summed E-state index contributed by atoms with van der Waals surface area (Å²) in [5.41, 5.74) is 8.13. The molecular weight excluding hydrogens is 578 g/mol. The van der Waals surface area contributed by atoms with Crippen LogP contribution in [0.15, 0.2) is 91.3 Å². The first kappa shape index (κ1) is 30.7. The molecule has 3 aromatic carbocycles. The maximum Gasteiger partial charge on any atom is 0.250 e. The van der Waals surface area contributed by atoms with Crippen LogP contribution in [0.2, 0.25) is 5.02 Å². The van der Waals surface area contributed by atoms with Gasteiger partial charge in [-0.3, -0.25) is 24.2 Å². The number of nitrogens with zero attached hydrogens (tertiary/aromatic N) is 3. The van der Waals surface area contributed by atoms with Gasteiger partial charge in [0.1, 0.15) is 12.1 Å². The van der Waals surface area contributed by atoms with Gasteiger partial charge in [0, 0.05) is 36.4 Å². The van der Waals surface area contributed by atoms with E-state index in [-0.39, 0.29) is 31.8 Å². The van der Waals surface area contributed by atoms with E-state index in [1.807, 2.05) is 49.4 Å². The van der Waals surface area contributed by atoms with Gasteiger partial charge in [-0.15, -0.1) is 0 Å². The molecule has 1 aromatic heterocycles. The molecule has 4 aromatic rings. The average molecular weight is 612 g/mol. The molecule has 3 atom stereocenters. The molecule has 10 heteroatoms. The molecule has 3 unspecified atom stereocenters. The summed E-state index contributed by atoms with van der Waals surface area (Å²) in [5.74, 6) is -1.82. The zero-order valence-electron chi connectivity index (χ0n) is 24.4. The molecule has 1 aliphatic heterocycles. The number of benzene rings is 3. The van der Waals surface area contributed by atoms with Crippen molar-refractivity contribution in [2.24, 2.45) is 5.73 Å². The molecule has 9 nitrogen and oxygen atoms in total. The Bertz CT molecular complexity index is 1680. The van der Waals surface area contributed by atoms with Crippen LogP contribution in [0.1, 0.15) is 36.1 Å². The zero-order chi connectivity index (χ0) is 31.2. The van der Waals surface area contributed by atoms with Gasteiger partial charge >= 0.3 is 0 Å². The number of hydrogen-bond donors (Lipinski definition) is 2. The molecule has 0 spiro atoms. The van der Waals surface area contributed by atoms with E-state index in [9.17, 15) is 19.2 Å². The Morgan fingerprint density at radius 1 is 1.02 bits per heavy atom. The van der Waals surface area contributed by atoms with Crippen LogP contribution in [0.4, 0.5) is 0 Å². The van der Waals surface area contributed by atoms with Crippen LogP contribution < -0.4 is 11.1 Å². The SMILES string of the molecule is CC1CCN(C(Cc2cccc3ccccc23)C(N)=O)C(=O)C(c2cccc(Cl)c2)N1C(=O)CNC(=O)Cc1ccncc1. The lowest BCUT2D eigenvalue weighted by atomic mass is 9.96. The van der Waals surface area contributed by atoms with Crippen molar-refractivity contribution >= 4 is 46.0 Å². The number of carbonyl (C=O) groups excluding carboxylic acids is 4. The quantitative estimate of drug-likeness (QED) is 0.298. The van der Waals surface area contributed by atoms with Crippen LogP contribution >= 0.6 is 11.6 Å². The van der Waals surface area contributed by atoms with Crippen molar-refractivity contribution < 1.29 is 19.2 Å². The number of carbonyl (C=O) groups is 4. The molecule has 0 radical (unpaired) electrons. The number of nitrogens with one attached hydrogen (secondary N) is 1. The lowest BCUT2D eigenvalue weighted by molar-refractivity contribution is -0.148. The van der Waals surface area contributed by atoms with Crippen molar-refractivity contribution in [3.05, 3.63) is 113 Å². The smallest absolute Gasteiger partial charge is 0.250 e. The maximum atomic E-state index is 14.5. The fourth-order valence-corrected chi connectivity index (χ4v) is 6.04. The normalized spacial score (nSPS) is 17.6. The van der Waals surface area contributed by atoms with Crippen molar-refractivity contribution in [2.45, 2.75) is 44.3 Å². The summed E-state index contributed by atoms with van der Waals surface area (Å²) in [5, 5.41) is 5.09. The minimum Gasteiger partial charge on any atom is -0.368 e. The van der Waals surface area contributed by atoms with Gasteiger partial charge in [0.15, 0.2) is 0 Å². The highest BCUT2D eigenvalue weighted by Crippen LogP contribution is 2.33. The highest BCUT2D eigenvalue weighted by molar-refractivity contribution is 6.30. The fraction of sp³-hybridized carbons (Fsp3) is 0.265. The Hall–Kier alpha value is -4.76. The van der Waals surface area contributed by atoms with Crippen molar-refractivity contribution in [3.8, 4) is 0 Å². The first-order valence-electron chi connectivity index (χ1n) is 14.5. The van der Waals surface area contributed by atoms with Gasteiger partial charge in [0.2, 0.25) is 17.7 Å². The lowest BCUT2D eigenvalue weighted by Gasteiger charge is -2.36. The van der Waals surface area contributed by atoms with Crippen LogP contribution in [-0.2, 0) is 32.0 Å². The molecule has 44 heavy (non-hydrogen) atoms. The molecule has 1 fully saturated rings. The minimum absolute atomic E-state index is 0.0875. The molecule has 1 saturated heterocycles. The van der Waals surface area contributed by atoms with E-state index in [1.54, 1.807) is 48.8 Å². The molecule has 0 bridgehead atoms. The number of nitrogens with two attached hydrogens (primary N) is 1. The summed E-state index contributed by atoms with van der Waals surface area (Å²) in [4.78, 5) is 60.9. The molecule has 4 amide bonds. The molecule has 3 N–H and O–H groups in total. The lowest BCUT2D eigenvalue weighted by Crippen LogP contribution is -2.53. The predicted octanol–water partition coefficient (Wildman–Crippen LogP) is 3.83. The van der Waals surface area contributed by atoms with Crippen molar-refractivity contribution in [1.82, 2.24) is 20.1 Å². The Balaban J connectivity index is 1.44.